The fourth-order valence-corrected chi connectivity index (χ4v) is 7.65. The number of oxime groups is 1. The van der Waals surface area contributed by atoms with E-state index < -0.39 is 29.2 Å². The van der Waals surface area contributed by atoms with E-state index in [1.54, 1.807) is 5.51 Å². The first-order valence-electron chi connectivity index (χ1n) is 8.70. The fraction of sp³-hybridized carbons (Fsp3) is 0.312. The predicted octanol–water partition coefficient (Wildman–Crippen LogP) is 0.903. The lowest BCUT2D eigenvalue weighted by molar-refractivity contribution is -0.150. The predicted molar refractivity (Wildman–Crippen MR) is 122 cm³/mol. The molecule has 2 atom stereocenters. The van der Waals surface area contributed by atoms with Crippen LogP contribution in [0.3, 0.4) is 0 Å². The van der Waals surface area contributed by atoms with Crippen LogP contribution in [0.5, 0.6) is 0 Å². The Morgan fingerprint density at radius 2 is 2.22 bits per heavy atom. The molecule has 4 rings (SSSR count). The number of carbonyl (C=O) groups is 3. The summed E-state index contributed by atoms with van der Waals surface area (Å²) in [5.74, 6) is -1.66. The van der Waals surface area contributed by atoms with Gasteiger partial charge < -0.3 is 15.3 Å². The minimum atomic E-state index is -1.20. The van der Waals surface area contributed by atoms with Crippen LogP contribution in [0.1, 0.15) is 4.88 Å². The quantitative estimate of drug-likeness (QED) is 0.218. The summed E-state index contributed by atoms with van der Waals surface area (Å²) in [6.45, 7) is 0. The minimum absolute atomic E-state index is 0.0666. The van der Waals surface area contributed by atoms with Crippen molar-refractivity contribution in [1.82, 2.24) is 20.4 Å². The molecule has 0 radical (unpaired) electrons. The van der Waals surface area contributed by atoms with Crippen LogP contribution in [0.2, 0.25) is 0 Å². The molecule has 0 aliphatic carbocycles. The van der Waals surface area contributed by atoms with Gasteiger partial charge in [0.1, 0.15) is 29.7 Å². The van der Waals surface area contributed by atoms with Gasteiger partial charge in [-0.05, 0) is 5.57 Å². The van der Waals surface area contributed by atoms with Gasteiger partial charge in [-0.25, -0.2) is 4.79 Å². The highest BCUT2D eigenvalue weighted by molar-refractivity contribution is 8.01. The SMILES string of the molecule is CON=C(C(=O)NC1C(=O)N2C(C(=O)O)=C(CSc3nncs3)CS[C@H]12)c1csc(=O)s1. The first-order valence-corrected chi connectivity index (χ1v) is 13.3. The van der Waals surface area contributed by atoms with Gasteiger partial charge in [0.15, 0.2) is 10.1 Å². The van der Waals surface area contributed by atoms with Gasteiger partial charge in [0, 0.05) is 16.9 Å². The lowest BCUT2D eigenvalue weighted by Crippen LogP contribution is -2.71. The van der Waals surface area contributed by atoms with Crippen molar-refractivity contribution in [2.24, 2.45) is 5.16 Å². The van der Waals surface area contributed by atoms with E-state index in [-0.39, 0.29) is 15.5 Å². The Kier molecular flexibility index (Phi) is 6.94. The van der Waals surface area contributed by atoms with Gasteiger partial charge in [-0.3, -0.25) is 19.3 Å². The van der Waals surface area contributed by atoms with Crippen molar-refractivity contribution in [3.63, 3.8) is 0 Å². The number of fused-ring (bicyclic) bond motifs is 1. The lowest BCUT2D eigenvalue weighted by Gasteiger charge is -2.49. The average molecular weight is 532 g/mol. The normalized spacial score (nSPS) is 20.6. The smallest absolute Gasteiger partial charge is 0.352 e. The zero-order valence-electron chi connectivity index (χ0n) is 16.0. The number of carbonyl (C=O) groups excluding carboxylic acids is 2. The van der Waals surface area contributed by atoms with Crippen LogP contribution in [0.4, 0.5) is 0 Å². The van der Waals surface area contributed by atoms with Crippen molar-refractivity contribution in [2.75, 3.05) is 18.6 Å². The number of aromatic nitrogens is 2. The number of rotatable bonds is 8. The summed E-state index contributed by atoms with van der Waals surface area (Å²) in [4.78, 5) is 55.2. The number of carboxylic acids is 1. The number of thioether (sulfide) groups is 2. The number of nitrogens with one attached hydrogen (secondary N) is 1. The van der Waals surface area contributed by atoms with Gasteiger partial charge >= 0.3 is 5.97 Å². The van der Waals surface area contributed by atoms with Crippen LogP contribution < -0.4 is 9.37 Å². The molecular formula is C16H13N5O6S5. The summed E-state index contributed by atoms with van der Waals surface area (Å²) >= 11 is 5.84. The van der Waals surface area contributed by atoms with Crippen LogP contribution in [0, 0.1) is 0 Å². The van der Waals surface area contributed by atoms with E-state index in [2.05, 4.69) is 20.7 Å². The second kappa shape index (κ2) is 9.70. The second-order valence-electron chi connectivity index (χ2n) is 6.19. The summed E-state index contributed by atoms with van der Waals surface area (Å²) in [6.07, 6.45) is 0. The minimum Gasteiger partial charge on any atom is -0.477 e. The zero-order valence-corrected chi connectivity index (χ0v) is 20.1. The van der Waals surface area contributed by atoms with Gasteiger partial charge in [-0.15, -0.1) is 22.0 Å². The van der Waals surface area contributed by atoms with E-state index in [1.165, 1.54) is 52.3 Å². The molecule has 0 saturated carbocycles. The molecule has 2 N–H and O–H groups in total. The van der Waals surface area contributed by atoms with Gasteiger partial charge in [-0.1, -0.05) is 50.9 Å². The van der Waals surface area contributed by atoms with Crippen LogP contribution in [-0.2, 0) is 19.2 Å². The Balaban J connectivity index is 1.50. The Bertz CT molecular complexity index is 1170. The molecule has 1 saturated heterocycles. The highest BCUT2D eigenvalue weighted by atomic mass is 32.2. The second-order valence-corrected chi connectivity index (χ2v) is 11.5. The summed E-state index contributed by atoms with van der Waals surface area (Å²) in [5, 5.41) is 24.6. The van der Waals surface area contributed by atoms with Crippen LogP contribution in [0.25, 0.3) is 0 Å². The van der Waals surface area contributed by atoms with Crippen molar-refractivity contribution in [2.45, 2.75) is 15.8 Å². The molecule has 1 unspecified atom stereocenters. The highest BCUT2D eigenvalue weighted by Gasteiger charge is 2.54. The number of amides is 2. The lowest BCUT2D eigenvalue weighted by atomic mass is 10.0. The first-order chi connectivity index (χ1) is 15.4. The zero-order chi connectivity index (χ0) is 22.8. The van der Waals surface area contributed by atoms with Crippen molar-refractivity contribution in [3.05, 3.63) is 35.9 Å². The maximum absolute atomic E-state index is 12.8. The van der Waals surface area contributed by atoms with E-state index in [1.807, 2.05) is 0 Å². The summed E-state index contributed by atoms with van der Waals surface area (Å²) in [6, 6.07) is -0.920. The van der Waals surface area contributed by atoms with Crippen LogP contribution in [0.15, 0.2) is 36.5 Å². The number of carboxylic acid groups (broad SMARTS) is 1. The summed E-state index contributed by atoms with van der Waals surface area (Å²) < 4.78 is 0.496. The molecule has 2 aromatic heterocycles. The fourth-order valence-electron chi connectivity index (χ4n) is 3.01. The topological polar surface area (TPSA) is 151 Å². The molecule has 0 bridgehead atoms. The number of hydrogen-bond acceptors (Lipinski definition) is 13. The Morgan fingerprint density at radius 3 is 2.84 bits per heavy atom. The van der Waals surface area contributed by atoms with Gasteiger partial charge in [0.25, 0.3) is 15.9 Å². The number of β-lactam (4-membered cyclic amide) rings is 1. The molecule has 32 heavy (non-hydrogen) atoms. The third kappa shape index (κ3) is 4.45. The summed E-state index contributed by atoms with van der Waals surface area (Å²) in [7, 11) is 1.26. The largest absolute Gasteiger partial charge is 0.477 e. The van der Waals surface area contributed by atoms with Crippen molar-refractivity contribution in [1.29, 1.82) is 0 Å². The standard InChI is InChI=1S/C16H13N5O6S5/c1-27-20-8(7-4-30-16(26)32-7)11(22)18-9-12(23)21-10(14(24)25)6(2-28-13(9)21)3-29-15-19-17-5-31-15/h4-5,9,13H,2-3H2,1H3,(H,18,22)(H,24,25)/t9?,13-/m1/s1. The third-order valence-corrected chi connectivity index (χ3v) is 9.55. The van der Waals surface area contributed by atoms with E-state index in [0.717, 1.165) is 22.7 Å². The molecule has 2 amide bonds. The van der Waals surface area contributed by atoms with Crippen molar-refractivity contribution < 1.29 is 24.3 Å². The van der Waals surface area contributed by atoms with Gasteiger partial charge in [0.05, 0.1) is 4.88 Å². The molecule has 0 spiro atoms. The molecule has 0 aromatic carbocycles. The molecule has 4 heterocycles. The monoisotopic (exact) mass is 531 g/mol. The molecule has 2 aliphatic rings. The van der Waals surface area contributed by atoms with E-state index in [4.69, 9.17) is 4.84 Å². The molecule has 11 nitrogen and oxygen atoms in total. The van der Waals surface area contributed by atoms with Crippen LogP contribution in [-0.4, -0.2) is 73.7 Å². The summed E-state index contributed by atoms with van der Waals surface area (Å²) in [5.41, 5.74) is 2.00. The third-order valence-electron chi connectivity index (χ3n) is 4.33. The van der Waals surface area contributed by atoms with E-state index >= 15 is 0 Å². The molecule has 1 fully saturated rings. The van der Waals surface area contributed by atoms with Gasteiger partial charge in [-0.2, -0.15) is 0 Å². The molecule has 2 aliphatic heterocycles. The number of nitrogens with zero attached hydrogens (tertiary/aromatic N) is 4. The van der Waals surface area contributed by atoms with Gasteiger partial charge in [0.2, 0.25) is 0 Å². The van der Waals surface area contributed by atoms with E-state index in [0.29, 0.717) is 26.3 Å². The van der Waals surface area contributed by atoms with Crippen LogP contribution >= 0.6 is 57.5 Å². The number of aliphatic carboxylic acids is 1. The molecule has 16 heteroatoms. The molecule has 168 valence electrons. The number of hydrogen-bond donors (Lipinski definition) is 2. The maximum Gasteiger partial charge on any atom is 0.352 e. The Morgan fingerprint density at radius 1 is 1.41 bits per heavy atom. The Hall–Kier alpha value is -2.27. The molecule has 2 aromatic rings. The average Bonchev–Trinajstić information content (AvgIpc) is 3.45. The molecular weight excluding hydrogens is 519 g/mol. The first kappa shape index (κ1) is 22.9. The maximum atomic E-state index is 12.8. The highest BCUT2D eigenvalue weighted by Crippen LogP contribution is 2.41. The van der Waals surface area contributed by atoms with E-state index in [9.17, 15) is 24.3 Å². The van der Waals surface area contributed by atoms with Crippen molar-refractivity contribution >= 4 is 81.0 Å². The Labute approximate surface area is 200 Å². The van der Waals surface area contributed by atoms with Crippen molar-refractivity contribution in [3.8, 4) is 0 Å².